The first-order valence-corrected chi connectivity index (χ1v) is 12.7. The molecule has 2 aromatic carbocycles. The highest BCUT2D eigenvalue weighted by atomic mass is 35.5. The van der Waals surface area contributed by atoms with Gasteiger partial charge in [-0.05, 0) is 47.0 Å². The van der Waals surface area contributed by atoms with Crippen LogP contribution in [0.3, 0.4) is 0 Å². The molecule has 1 atom stereocenters. The minimum absolute atomic E-state index is 0.0586. The Morgan fingerprint density at radius 3 is 2.47 bits per heavy atom. The third-order valence-corrected chi connectivity index (χ3v) is 8.78. The van der Waals surface area contributed by atoms with Crippen LogP contribution in [0.15, 0.2) is 77.0 Å². The lowest BCUT2D eigenvalue weighted by molar-refractivity contribution is -0.137. The molecule has 0 unspecified atom stereocenters. The summed E-state index contributed by atoms with van der Waals surface area (Å²) in [4.78, 5) is 12.8. The number of hydrogen-bond acceptors (Lipinski definition) is 4. The van der Waals surface area contributed by atoms with Crippen molar-refractivity contribution in [2.45, 2.75) is 23.0 Å². The normalized spacial score (nSPS) is 16.6. The van der Waals surface area contributed by atoms with Crippen molar-refractivity contribution in [3.05, 3.63) is 88.3 Å². The maximum Gasteiger partial charge on any atom is 0.416 e. The van der Waals surface area contributed by atoms with Gasteiger partial charge in [0.25, 0.3) is 10.0 Å². The first-order chi connectivity index (χ1) is 16.1. The molecule has 0 spiro atoms. The fraction of sp³-hybridized carbons (Fsp3) is 0.174. The van der Waals surface area contributed by atoms with Gasteiger partial charge in [0.05, 0.1) is 9.90 Å². The maximum absolute atomic E-state index is 12.9. The summed E-state index contributed by atoms with van der Waals surface area (Å²) >= 11 is 6.79. The summed E-state index contributed by atoms with van der Waals surface area (Å²) in [6.45, 7) is 0.190. The van der Waals surface area contributed by atoms with Crippen LogP contribution < -0.4 is 5.32 Å². The van der Waals surface area contributed by atoms with Crippen molar-refractivity contribution < 1.29 is 26.4 Å². The average molecular weight is 527 g/mol. The van der Waals surface area contributed by atoms with Crippen molar-refractivity contribution in [3.8, 4) is 11.1 Å². The summed E-state index contributed by atoms with van der Waals surface area (Å²) in [5, 5.41) is 2.74. The molecular weight excluding hydrogens is 509 g/mol. The summed E-state index contributed by atoms with van der Waals surface area (Å²) < 4.78 is 65.7. The van der Waals surface area contributed by atoms with E-state index in [0.717, 1.165) is 27.8 Å². The Balaban J connectivity index is 1.44. The molecular formula is C23H18ClF3N2O3S2. The van der Waals surface area contributed by atoms with E-state index in [2.05, 4.69) is 5.32 Å². The summed E-state index contributed by atoms with van der Waals surface area (Å²) in [5.74, 6) is -0.486. The molecule has 4 rings (SSSR count). The lowest BCUT2D eigenvalue weighted by Crippen LogP contribution is -2.45. The standard InChI is InChI=1S/C23H18ClF3N2O3S2/c24-20-10-11-21(33-20)34(31,32)29-12-2-5-19(29)22(30)28-14-15-3-1-4-17(13-15)16-6-8-18(9-7-16)23(25,26)27/h1-11,13,19H,12,14H2,(H,28,30)/t19-/m0/s1. The van der Waals surface area contributed by atoms with Crippen LogP contribution in [0.25, 0.3) is 11.1 Å². The summed E-state index contributed by atoms with van der Waals surface area (Å²) in [7, 11) is -3.89. The molecule has 1 aromatic heterocycles. The lowest BCUT2D eigenvalue weighted by atomic mass is 10.0. The molecule has 0 fully saturated rings. The molecule has 0 radical (unpaired) electrons. The Hall–Kier alpha value is -2.66. The first kappa shape index (κ1) is 24.5. The summed E-state index contributed by atoms with van der Waals surface area (Å²) in [5.41, 5.74) is 1.28. The zero-order valence-electron chi connectivity index (χ0n) is 17.4. The zero-order chi connectivity index (χ0) is 24.5. The highest BCUT2D eigenvalue weighted by molar-refractivity contribution is 7.91. The highest BCUT2D eigenvalue weighted by Gasteiger charge is 2.37. The smallest absolute Gasteiger partial charge is 0.350 e. The van der Waals surface area contributed by atoms with Gasteiger partial charge >= 0.3 is 6.18 Å². The van der Waals surface area contributed by atoms with Gasteiger partial charge in [0, 0.05) is 13.1 Å². The Morgan fingerprint density at radius 2 is 1.82 bits per heavy atom. The van der Waals surface area contributed by atoms with Crippen LogP contribution in [0.4, 0.5) is 13.2 Å². The van der Waals surface area contributed by atoms with E-state index in [1.807, 2.05) is 0 Å². The number of carbonyl (C=O) groups is 1. The van der Waals surface area contributed by atoms with E-state index >= 15 is 0 Å². The largest absolute Gasteiger partial charge is 0.416 e. The maximum atomic E-state index is 12.9. The van der Waals surface area contributed by atoms with Gasteiger partial charge in [0.2, 0.25) is 5.91 Å². The molecule has 34 heavy (non-hydrogen) atoms. The molecule has 1 aliphatic rings. The number of carbonyl (C=O) groups excluding carboxylic acids is 1. The number of rotatable bonds is 6. The fourth-order valence-corrected chi connectivity index (χ4v) is 6.64. The molecule has 0 saturated heterocycles. The Morgan fingerprint density at radius 1 is 1.09 bits per heavy atom. The van der Waals surface area contributed by atoms with E-state index in [9.17, 15) is 26.4 Å². The minimum Gasteiger partial charge on any atom is -0.350 e. The van der Waals surface area contributed by atoms with Crippen LogP contribution in [-0.2, 0) is 27.5 Å². The quantitative estimate of drug-likeness (QED) is 0.441. The second-order valence-corrected chi connectivity index (χ2v) is 11.3. The van der Waals surface area contributed by atoms with E-state index in [-0.39, 0.29) is 17.3 Å². The second kappa shape index (κ2) is 9.53. The number of hydrogen-bond donors (Lipinski definition) is 1. The van der Waals surface area contributed by atoms with Crippen LogP contribution in [0, 0.1) is 0 Å². The monoisotopic (exact) mass is 526 g/mol. The predicted octanol–water partition coefficient (Wildman–Crippen LogP) is 5.33. The third kappa shape index (κ3) is 5.20. The van der Waals surface area contributed by atoms with Gasteiger partial charge in [-0.1, -0.05) is 54.1 Å². The molecule has 178 valence electrons. The Bertz CT molecular complexity index is 1340. The Labute approximate surface area is 203 Å². The SMILES string of the molecule is O=C(NCc1cccc(-c2ccc(C(F)(F)F)cc2)c1)[C@@H]1C=CCN1S(=O)(=O)c1ccc(Cl)s1. The lowest BCUT2D eigenvalue weighted by Gasteiger charge is -2.22. The molecule has 1 N–H and O–H groups in total. The van der Waals surface area contributed by atoms with E-state index in [4.69, 9.17) is 11.6 Å². The van der Waals surface area contributed by atoms with Gasteiger partial charge < -0.3 is 5.32 Å². The van der Waals surface area contributed by atoms with Crippen molar-refractivity contribution in [1.82, 2.24) is 9.62 Å². The van der Waals surface area contributed by atoms with E-state index < -0.39 is 33.7 Å². The van der Waals surface area contributed by atoms with Gasteiger partial charge in [-0.2, -0.15) is 17.5 Å². The molecule has 1 aliphatic heterocycles. The van der Waals surface area contributed by atoms with Gasteiger partial charge in [-0.25, -0.2) is 8.42 Å². The van der Waals surface area contributed by atoms with Crippen molar-refractivity contribution in [1.29, 1.82) is 0 Å². The molecule has 2 heterocycles. The molecule has 0 aliphatic carbocycles. The Kier molecular flexibility index (Phi) is 6.86. The van der Waals surface area contributed by atoms with E-state index in [1.165, 1.54) is 30.3 Å². The molecule has 5 nitrogen and oxygen atoms in total. The second-order valence-electron chi connectivity index (χ2n) is 7.50. The van der Waals surface area contributed by atoms with Crippen molar-refractivity contribution in [2.24, 2.45) is 0 Å². The van der Waals surface area contributed by atoms with Crippen LogP contribution in [0.2, 0.25) is 4.34 Å². The zero-order valence-corrected chi connectivity index (χ0v) is 19.8. The third-order valence-electron chi connectivity index (χ3n) is 5.23. The minimum atomic E-state index is -4.41. The number of alkyl halides is 3. The molecule has 11 heteroatoms. The van der Waals surface area contributed by atoms with E-state index in [1.54, 1.807) is 30.3 Å². The van der Waals surface area contributed by atoms with Crippen LogP contribution in [0.5, 0.6) is 0 Å². The van der Waals surface area contributed by atoms with Gasteiger partial charge in [0.1, 0.15) is 10.3 Å². The molecule has 3 aromatic rings. The van der Waals surface area contributed by atoms with Crippen molar-refractivity contribution >= 4 is 38.9 Å². The topological polar surface area (TPSA) is 66.5 Å². The van der Waals surface area contributed by atoms with E-state index in [0.29, 0.717) is 21.0 Å². The van der Waals surface area contributed by atoms with Crippen LogP contribution in [0.1, 0.15) is 11.1 Å². The summed E-state index contributed by atoms with van der Waals surface area (Å²) in [6.07, 6.45) is -1.26. The number of halogens is 4. The first-order valence-electron chi connectivity index (χ1n) is 10.0. The molecule has 0 bridgehead atoms. The van der Waals surface area contributed by atoms with Crippen LogP contribution in [-0.4, -0.2) is 31.2 Å². The van der Waals surface area contributed by atoms with Crippen molar-refractivity contribution in [2.75, 3.05) is 6.54 Å². The molecule has 1 amide bonds. The van der Waals surface area contributed by atoms with Gasteiger partial charge in [-0.3, -0.25) is 4.79 Å². The van der Waals surface area contributed by atoms with Gasteiger partial charge in [0.15, 0.2) is 0 Å². The number of nitrogens with one attached hydrogen (secondary N) is 1. The molecule has 0 saturated carbocycles. The number of sulfonamides is 1. The summed E-state index contributed by atoms with van der Waals surface area (Å²) in [6, 6.07) is 13.7. The number of thiophene rings is 1. The van der Waals surface area contributed by atoms with Crippen LogP contribution >= 0.6 is 22.9 Å². The average Bonchev–Trinajstić information content (AvgIpc) is 3.47. The number of nitrogens with zero attached hydrogens (tertiary/aromatic N) is 1. The fourth-order valence-electron chi connectivity index (χ4n) is 3.53. The predicted molar refractivity (Wildman–Crippen MR) is 125 cm³/mol. The van der Waals surface area contributed by atoms with Gasteiger partial charge in [-0.15, -0.1) is 11.3 Å². The highest BCUT2D eigenvalue weighted by Crippen LogP contribution is 2.32. The number of benzene rings is 2. The number of amides is 1. The van der Waals surface area contributed by atoms with Crippen molar-refractivity contribution in [3.63, 3.8) is 0 Å².